The molecule has 1 fully saturated rings. The molecular formula is C11H21F3N2. The molecule has 1 N–H and O–H groups in total. The van der Waals surface area contributed by atoms with Crippen molar-refractivity contribution in [2.75, 3.05) is 26.2 Å². The van der Waals surface area contributed by atoms with Crippen molar-refractivity contribution in [1.82, 2.24) is 10.2 Å². The monoisotopic (exact) mass is 238 g/mol. The van der Waals surface area contributed by atoms with Gasteiger partial charge in [0.05, 0.1) is 6.54 Å². The lowest BCUT2D eigenvalue weighted by Gasteiger charge is -2.38. The van der Waals surface area contributed by atoms with Crippen molar-refractivity contribution in [3.63, 3.8) is 0 Å². The molecule has 0 aromatic carbocycles. The molecule has 1 aliphatic rings. The fourth-order valence-electron chi connectivity index (χ4n) is 2.45. The summed E-state index contributed by atoms with van der Waals surface area (Å²) in [5, 5.41) is 3.36. The van der Waals surface area contributed by atoms with Crippen LogP contribution in [0.2, 0.25) is 0 Å². The third-order valence-corrected chi connectivity index (χ3v) is 3.21. The highest BCUT2D eigenvalue weighted by molar-refractivity contribution is 4.85. The lowest BCUT2D eigenvalue weighted by atomic mass is 9.90. The first-order valence-electron chi connectivity index (χ1n) is 5.98. The Bertz CT molecular complexity index is 206. The van der Waals surface area contributed by atoms with Gasteiger partial charge in [0, 0.05) is 12.6 Å². The van der Waals surface area contributed by atoms with Crippen molar-refractivity contribution >= 4 is 0 Å². The zero-order chi connectivity index (χ0) is 12.2. The number of hydrogen-bond acceptors (Lipinski definition) is 2. The predicted octanol–water partition coefficient (Wildman–Crippen LogP) is 2.26. The maximum Gasteiger partial charge on any atom is 0.401 e. The zero-order valence-corrected chi connectivity index (χ0v) is 9.98. The van der Waals surface area contributed by atoms with Crippen molar-refractivity contribution in [3.8, 4) is 0 Å². The Hall–Kier alpha value is -0.290. The minimum absolute atomic E-state index is 0.344. The Balaban J connectivity index is 2.45. The highest BCUT2D eigenvalue weighted by Gasteiger charge is 2.35. The van der Waals surface area contributed by atoms with Crippen LogP contribution in [-0.2, 0) is 0 Å². The van der Waals surface area contributed by atoms with Gasteiger partial charge in [-0.1, -0.05) is 20.3 Å². The van der Waals surface area contributed by atoms with E-state index in [2.05, 4.69) is 5.32 Å². The Kier molecular flexibility index (Phi) is 5.05. The summed E-state index contributed by atoms with van der Waals surface area (Å²) in [5.41, 5.74) is 0. The van der Waals surface area contributed by atoms with Gasteiger partial charge in [-0.2, -0.15) is 13.2 Å². The second kappa shape index (κ2) is 5.87. The summed E-state index contributed by atoms with van der Waals surface area (Å²) in [7, 11) is 0. The predicted molar refractivity (Wildman–Crippen MR) is 58.4 cm³/mol. The molecule has 0 spiro atoms. The molecule has 0 aromatic heterocycles. The minimum atomic E-state index is -4.07. The largest absolute Gasteiger partial charge is 0.401 e. The van der Waals surface area contributed by atoms with E-state index in [-0.39, 0.29) is 0 Å². The van der Waals surface area contributed by atoms with Crippen LogP contribution < -0.4 is 5.32 Å². The van der Waals surface area contributed by atoms with Gasteiger partial charge >= 0.3 is 6.18 Å². The summed E-state index contributed by atoms with van der Waals surface area (Å²) in [4.78, 5) is 1.53. The van der Waals surface area contributed by atoms with E-state index in [1.54, 1.807) is 0 Å². The van der Waals surface area contributed by atoms with Crippen LogP contribution in [0.5, 0.6) is 0 Å². The van der Waals surface area contributed by atoms with Gasteiger partial charge in [0.2, 0.25) is 0 Å². The van der Waals surface area contributed by atoms with Gasteiger partial charge in [-0.15, -0.1) is 0 Å². The van der Waals surface area contributed by atoms with E-state index in [1.165, 1.54) is 4.90 Å². The molecule has 0 saturated carbocycles. The molecule has 5 heteroatoms. The van der Waals surface area contributed by atoms with Gasteiger partial charge in [-0.3, -0.25) is 4.90 Å². The van der Waals surface area contributed by atoms with Crippen LogP contribution in [0.25, 0.3) is 0 Å². The molecule has 0 aliphatic carbocycles. The molecule has 2 nitrogen and oxygen atoms in total. The first-order valence-corrected chi connectivity index (χ1v) is 5.98. The molecule has 1 saturated heterocycles. The molecule has 16 heavy (non-hydrogen) atoms. The first-order chi connectivity index (χ1) is 7.46. The smallest absolute Gasteiger partial charge is 0.314 e. The average molecular weight is 238 g/mol. The Morgan fingerprint density at radius 3 is 2.50 bits per heavy atom. The molecule has 1 aliphatic heterocycles. The standard InChI is InChI=1S/C11H21F3N2/c1-3-9-7-16(8-11(12,13)14)6-5-10(9)15-4-2/h9-10,15H,3-8H2,1-2H3. The normalized spacial score (nSPS) is 28.3. The summed E-state index contributed by atoms with van der Waals surface area (Å²) in [5.74, 6) is 0.344. The average Bonchev–Trinajstić information content (AvgIpc) is 2.18. The lowest BCUT2D eigenvalue weighted by Crippen LogP contribution is -2.51. The number of alkyl halides is 3. The van der Waals surface area contributed by atoms with Gasteiger partial charge in [0.25, 0.3) is 0 Å². The van der Waals surface area contributed by atoms with Crippen LogP contribution in [0.15, 0.2) is 0 Å². The third-order valence-electron chi connectivity index (χ3n) is 3.21. The number of halogens is 3. The zero-order valence-electron chi connectivity index (χ0n) is 9.98. The van der Waals surface area contributed by atoms with Gasteiger partial charge in [0.1, 0.15) is 0 Å². The van der Waals surface area contributed by atoms with Crippen molar-refractivity contribution in [2.24, 2.45) is 5.92 Å². The van der Waals surface area contributed by atoms with Gasteiger partial charge in [-0.05, 0) is 25.4 Å². The van der Waals surface area contributed by atoms with Crippen LogP contribution in [0.3, 0.4) is 0 Å². The number of hydrogen-bond donors (Lipinski definition) is 1. The molecule has 0 amide bonds. The summed E-state index contributed by atoms with van der Waals surface area (Å²) in [6.45, 7) is 5.32. The molecule has 2 atom stereocenters. The SMILES string of the molecule is CCNC1CCN(CC(F)(F)F)CC1CC. The summed E-state index contributed by atoms with van der Waals surface area (Å²) >= 11 is 0. The van der Waals surface area contributed by atoms with Crippen LogP contribution in [0.4, 0.5) is 13.2 Å². The fourth-order valence-corrected chi connectivity index (χ4v) is 2.45. The highest BCUT2D eigenvalue weighted by Crippen LogP contribution is 2.24. The van der Waals surface area contributed by atoms with E-state index in [9.17, 15) is 13.2 Å². The second-order valence-corrected chi connectivity index (χ2v) is 4.47. The Morgan fingerprint density at radius 1 is 1.31 bits per heavy atom. The van der Waals surface area contributed by atoms with E-state index in [0.29, 0.717) is 25.0 Å². The summed E-state index contributed by atoms with van der Waals surface area (Å²) in [6.07, 6.45) is -2.31. The van der Waals surface area contributed by atoms with Crippen LogP contribution in [0.1, 0.15) is 26.7 Å². The molecule has 2 unspecified atom stereocenters. The Morgan fingerprint density at radius 2 is 2.00 bits per heavy atom. The summed E-state index contributed by atoms with van der Waals surface area (Å²) in [6, 6.07) is 0.388. The molecule has 0 bridgehead atoms. The van der Waals surface area contributed by atoms with Gasteiger partial charge in [-0.25, -0.2) is 0 Å². The second-order valence-electron chi connectivity index (χ2n) is 4.47. The number of nitrogens with zero attached hydrogens (tertiary/aromatic N) is 1. The minimum Gasteiger partial charge on any atom is -0.314 e. The molecule has 1 heterocycles. The number of rotatable bonds is 4. The third kappa shape index (κ3) is 4.29. The highest BCUT2D eigenvalue weighted by atomic mass is 19.4. The van der Waals surface area contributed by atoms with Crippen molar-refractivity contribution in [3.05, 3.63) is 0 Å². The summed E-state index contributed by atoms with van der Waals surface area (Å²) < 4.78 is 36.8. The van der Waals surface area contributed by atoms with Gasteiger partial charge < -0.3 is 5.32 Å². The molecule has 0 radical (unpaired) electrons. The van der Waals surface area contributed by atoms with Crippen molar-refractivity contribution in [2.45, 2.75) is 38.9 Å². The van der Waals surface area contributed by atoms with Crippen molar-refractivity contribution < 1.29 is 13.2 Å². The van der Waals surface area contributed by atoms with E-state index in [4.69, 9.17) is 0 Å². The van der Waals surface area contributed by atoms with E-state index in [1.807, 2.05) is 13.8 Å². The van der Waals surface area contributed by atoms with Gasteiger partial charge in [0.15, 0.2) is 0 Å². The lowest BCUT2D eigenvalue weighted by molar-refractivity contribution is -0.150. The van der Waals surface area contributed by atoms with Crippen LogP contribution in [-0.4, -0.2) is 43.3 Å². The van der Waals surface area contributed by atoms with Crippen molar-refractivity contribution in [1.29, 1.82) is 0 Å². The quantitative estimate of drug-likeness (QED) is 0.808. The molecule has 0 aromatic rings. The first kappa shape index (κ1) is 13.8. The van der Waals surface area contributed by atoms with Crippen LogP contribution in [0, 0.1) is 5.92 Å². The van der Waals surface area contributed by atoms with E-state index < -0.39 is 12.7 Å². The number of nitrogens with one attached hydrogen (secondary N) is 1. The molecular weight excluding hydrogens is 217 g/mol. The topological polar surface area (TPSA) is 15.3 Å². The van der Waals surface area contributed by atoms with E-state index in [0.717, 1.165) is 19.4 Å². The fraction of sp³-hybridized carbons (Fsp3) is 1.00. The molecule has 96 valence electrons. The van der Waals surface area contributed by atoms with E-state index >= 15 is 0 Å². The van der Waals surface area contributed by atoms with Crippen LogP contribution >= 0.6 is 0 Å². The maximum absolute atomic E-state index is 12.3. The number of piperidine rings is 1. The Labute approximate surface area is 95.2 Å². The maximum atomic E-state index is 12.3. The molecule has 1 rings (SSSR count). The number of likely N-dealkylation sites (tertiary alicyclic amines) is 1.